The van der Waals surface area contributed by atoms with Crippen LogP contribution in [0.1, 0.15) is 11.6 Å². The summed E-state index contributed by atoms with van der Waals surface area (Å²) in [6, 6.07) is 8.62. The van der Waals surface area contributed by atoms with E-state index in [1.807, 2.05) is 30.3 Å². The minimum Gasteiger partial charge on any atom is -0.348 e. The van der Waals surface area contributed by atoms with Gasteiger partial charge in [-0.15, -0.1) is 0 Å². The number of carbonyl (C=O) groups excluding carboxylic acids is 2. The maximum absolute atomic E-state index is 11.9. The Morgan fingerprint density at radius 3 is 2.26 bits per heavy atom. The first-order valence-corrected chi connectivity index (χ1v) is 5.93. The third-order valence-corrected chi connectivity index (χ3v) is 2.83. The number of benzene rings is 1. The van der Waals surface area contributed by atoms with Crippen LogP contribution in [0.3, 0.4) is 0 Å². The molecule has 0 radical (unpaired) electrons. The summed E-state index contributed by atoms with van der Waals surface area (Å²) in [5.41, 5.74) is 2.93. The Kier molecular flexibility index (Phi) is 5.47. The van der Waals surface area contributed by atoms with Crippen LogP contribution in [0.15, 0.2) is 30.3 Å². The summed E-state index contributed by atoms with van der Waals surface area (Å²) >= 11 is 0. The first kappa shape index (κ1) is 15.1. The van der Waals surface area contributed by atoms with Crippen molar-refractivity contribution in [1.29, 1.82) is 0 Å². The quantitative estimate of drug-likeness (QED) is 0.436. The molecule has 0 heterocycles. The van der Waals surface area contributed by atoms with Crippen molar-refractivity contribution < 1.29 is 9.59 Å². The fourth-order valence-electron chi connectivity index (χ4n) is 1.77. The first-order valence-electron chi connectivity index (χ1n) is 5.93. The van der Waals surface area contributed by atoms with Gasteiger partial charge >= 0.3 is 0 Å². The van der Waals surface area contributed by atoms with Crippen LogP contribution in [-0.4, -0.2) is 49.3 Å². The van der Waals surface area contributed by atoms with Gasteiger partial charge in [0.05, 0.1) is 6.54 Å². The maximum Gasteiger partial charge on any atom is 0.255 e. The van der Waals surface area contributed by atoms with Gasteiger partial charge in [-0.05, 0) is 12.6 Å². The molecule has 0 fully saturated rings. The van der Waals surface area contributed by atoms with E-state index in [2.05, 4.69) is 5.43 Å². The molecule has 0 bridgehead atoms. The van der Waals surface area contributed by atoms with Crippen LogP contribution >= 0.6 is 0 Å². The van der Waals surface area contributed by atoms with E-state index < -0.39 is 6.04 Å². The van der Waals surface area contributed by atoms with Crippen molar-refractivity contribution in [2.45, 2.75) is 6.04 Å². The van der Waals surface area contributed by atoms with E-state index in [0.717, 1.165) is 5.56 Å². The maximum atomic E-state index is 11.9. The van der Waals surface area contributed by atoms with Crippen molar-refractivity contribution in [2.75, 3.05) is 27.7 Å². The van der Waals surface area contributed by atoms with E-state index in [-0.39, 0.29) is 18.4 Å². The lowest BCUT2D eigenvalue weighted by atomic mass is 10.1. The molecule has 1 rings (SSSR count). The van der Waals surface area contributed by atoms with E-state index in [1.165, 1.54) is 4.90 Å². The number of hydrazine groups is 1. The van der Waals surface area contributed by atoms with Gasteiger partial charge < -0.3 is 4.90 Å². The molecule has 1 aromatic carbocycles. The van der Waals surface area contributed by atoms with Crippen LogP contribution in [-0.2, 0) is 9.59 Å². The predicted molar refractivity (Wildman–Crippen MR) is 72.8 cm³/mol. The van der Waals surface area contributed by atoms with E-state index in [0.29, 0.717) is 0 Å². The zero-order valence-corrected chi connectivity index (χ0v) is 11.5. The van der Waals surface area contributed by atoms with Crippen LogP contribution in [0.4, 0.5) is 0 Å². The highest BCUT2D eigenvalue weighted by Crippen LogP contribution is 2.19. The smallest absolute Gasteiger partial charge is 0.255 e. The number of hydrogen-bond donors (Lipinski definition) is 2. The number of amides is 2. The zero-order chi connectivity index (χ0) is 14.4. The third kappa shape index (κ3) is 4.04. The monoisotopic (exact) mass is 264 g/mol. The molecule has 1 aromatic rings. The lowest BCUT2D eigenvalue weighted by molar-refractivity contribution is -0.132. The van der Waals surface area contributed by atoms with Gasteiger partial charge in [0.2, 0.25) is 5.91 Å². The van der Waals surface area contributed by atoms with Crippen molar-refractivity contribution in [2.24, 2.45) is 5.84 Å². The molecule has 0 spiro atoms. The second-order valence-electron chi connectivity index (χ2n) is 4.53. The first-order chi connectivity index (χ1) is 8.97. The summed E-state index contributed by atoms with van der Waals surface area (Å²) in [5.74, 6) is 4.79. The Bertz CT molecular complexity index is 434. The number of nitrogens with two attached hydrogens (primary N) is 1. The highest BCUT2D eigenvalue weighted by atomic mass is 16.2. The molecule has 3 N–H and O–H groups in total. The lowest BCUT2D eigenvalue weighted by Crippen LogP contribution is -2.45. The molecule has 0 aliphatic rings. The summed E-state index contributed by atoms with van der Waals surface area (Å²) < 4.78 is 0. The SMILES string of the molecule is CN(C)C(=O)CN(C)C(C(=O)NN)c1ccccc1. The molecule has 0 saturated heterocycles. The average molecular weight is 264 g/mol. The largest absolute Gasteiger partial charge is 0.348 e. The van der Waals surface area contributed by atoms with Crippen LogP contribution in [0.25, 0.3) is 0 Å². The van der Waals surface area contributed by atoms with Crippen molar-refractivity contribution in [3.8, 4) is 0 Å². The van der Waals surface area contributed by atoms with Crippen LogP contribution < -0.4 is 11.3 Å². The second kappa shape index (κ2) is 6.86. The summed E-state index contributed by atoms with van der Waals surface area (Å²) in [5, 5.41) is 0. The highest BCUT2D eigenvalue weighted by Gasteiger charge is 2.26. The van der Waals surface area contributed by atoms with Gasteiger partial charge in [-0.3, -0.25) is 19.9 Å². The molecule has 1 unspecified atom stereocenters. The molecule has 1 atom stereocenters. The van der Waals surface area contributed by atoms with E-state index >= 15 is 0 Å². The number of likely N-dealkylation sites (N-methyl/N-ethyl adjacent to an activating group) is 2. The normalized spacial score (nSPS) is 12.1. The van der Waals surface area contributed by atoms with E-state index in [4.69, 9.17) is 5.84 Å². The number of nitrogens with zero attached hydrogens (tertiary/aromatic N) is 2. The molecule has 104 valence electrons. The third-order valence-electron chi connectivity index (χ3n) is 2.83. The van der Waals surface area contributed by atoms with Gasteiger partial charge in [0.1, 0.15) is 6.04 Å². The molecule has 0 aliphatic heterocycles. The van der Waals surface area contributed by atoms with Gasteiger partial charge in [0.15, 0.2) is 0 Å². The topological polar surface area (TPSA) is 78.7 Å². The van der Waals surface area contributed by atoms with Crippen molar-refractivity contribution >= 4 is 11.8 Å². The van der Waals surface area contributed by atoms with Gasteiger partial charge in [-0.1, -0.05) is 30.3 Å². The molecular formula is C13H20N4O2. The molecule has 19 heavy (non-hydrogen) atoms. The molecular weight excluding hydrogens is 244 g/mol. The molecule has 0 saturated carbocycles. The minimum atomic E-state index is -0.588. The number of rotatable bonds is 5. The number of hydrogen-bond acceptors (Lipinski definition) is 4. The van der Waals surface area contributed by atoms with Gasteiger partial charge in [0.25, 0.3) is 5.91 Å². The van der Waals surface area contributed by atoms with Crippen LogP contribution in [0, 0.1) is 0 Å². The standard InChI is InChI=1S/C13H20N4O2/c1-16(2)11(18)9-17(3)12(13(19)15-14)10-7-5-4-6-8-10/h4-8,12H,9,14H2,1-3H3,(H,15,19). The van der Waals surface area contributed by atoms with E-state index in [1.54, 1.807) is 26.0 Å². The summed E-state index contributed by atoms with van der Waals surface area (Å²) in [4.78, 5) is 26.8. The average Bonchev–Trinajstić information content (AvgIpc) is 2.39. The fraction of sp³-hybridized carbons (Fsp3) is 0.385. The fourth-order valence-corrected chi connectivity index (χ4v) is 1.77. The zero-order valence-electron chi connectivity index (χ0n) is 11.5. The number of carbonyl (C=O) groups is 2. The van der Waals surface area contributed by atoms with Gasteiger partial charge in [-0.25, -0.2) is 5.84 Å². The van der Waals surface area contributed by atoms with Crippen LogP contribution in [0.2, 0.25) is 0 Å². The molecule has 2 amide bonds. The second-order valence-corrected chi connectivity index (χ2v) is 4.53. The highest BCUT2D eigenvalue weighted by molar-refractivity contribution is 5.84. The van der Waals surface area contributed by atoms with Crippen molar-refractivity contribution in [3.05, 3.63) is 35.9 Å². The molecule has 6 heteroatoms. The van der Waals surface area contributed by atoms with Crippen molar-refractivity contribution in [1.82, 2.24) is 15.2 Å². The lowest BCUT2D eigenvalue weighted by Gasteiger charge is -2.27. The number of nitrogens with one attached hydrogen (secondary N) is 1. The summed E-state index contributed by atoms with van der Waals surface area (Å²) in [7, 11) is 5.07. The van der Waals surface area contributed by atoms with Gasteiger partial charge in [-0.2, -0.15) is 0 Å². The van der Waals surface area contributed by atoms with Gasteiger partial charge in [0, 0.05) is 14.1 Å². The Morgan fingerprint density at radius 1 is 1.21 bits per heavy atom. The van der Waals surface area contributed by atoms with Crippen molar-refractivity contribution in [3.63, 3.8) is 0 Å². The molecule has 6 nitrogen and oxygen atoms in total. The molecule has 0 aliphatic carbocycles. The molecule has 0 aromatic heterocycles. The summed E-state index contributed by atoms with van der Waals surface area (Å²) in [6.07, 6.45) is 0. The Hall–Kier alpha value is -1.92. The predicted octanol–water partition coefficient (Wildman–Crippen LogP) is -0.262. The Balaban J connectivity index is 2.92. The summed E-state index contributed by atoms with van der Waals surface area (Å²) in [6.45, 7) is 0.139. The van der Waals surface area contributed by atoms with E-state index in [9.17, 15) is 9.59 Å². The van der Waals surface area contributed by atoms with Crippen LogP contribution in [0.5, 0.6) is 0 Å². The Labute approximate surface area is 113 Å². The Morgan fingerprint density at radius 2 is 1.79 bits per heavy atom. The minimum absolute atomic E-state index is 0.0757.